The minimum Gasteiger partial charge on any atom is -0.384 e. The summed E-state index contributed by atoms with van der Waals surface area (Å²) in [7, 11) is 0. The maximum atomic E-state index is 4.29. The van der Waals surface area contributed by atoms with Crippen LogP contribution in [0.4, 0.5) is 5.69 Å². The number of aryl methyl sites for hydroxylation is 1. The Morgan fingerprint density at radius 1 is 1.47 bits per heavy atom. The third-order valence-corrected chi connectivity index (χ3v) is 3.50. The fourth-order valence-electron chi connectivity index (χ4n) is 2.68. The van der Waals surface area contributed by atoms with Crippen LogP contribution in [0.3, 0.4) is 0 Å². The molecule has 0 saturated heterocycles. The van der Waals surface area contributed by atoms with Gasteiger partial charge in [0, 0.05) is 24.3 Å². The Morgan fingerprint density at radius 3 is 3.21 bits per heavy atom. The Kier molecular flexibility index (Phi) is 3.11. The van der Waals surface area contributed by atoms with Gasteiger partial charge < -0.3 is 9.88 Å². The van der Waals surface area contributed by atoms with Gasteiger partial charge in [0.05, 0.1) is 18.2 Å². The number of rotatable bonds is 3. The van der Waals surface area contributed by atoms with Crippen molar-refractivity contribution in [2.75, 3.05) is 11.9 Å². The number of hydrogen-bond acceptors (Lipinski definition) is 2. The molecule has 1 aromatic heterocycles. The van der Waals surface area contributed by atoms with Gasteiger partial charge in [-0.15, -0.1) is 0 Å². The molecule has 1 N–H and O–H groups in total. The van der Waals surface area contributed by atoms with Crippen LogP contribution in [0, 0.1) is 0 Å². The van der Waals surface area contributed by atoms with E-state index in [9.17, 15) is 0 Å². The molecule has 0 spiro atoms. The molecule has 0 bridgehead atoms. The van der Waals surface area contributed by atoms with Crippen molar-refractivity contribution in [1.29, 1.82) is 0 Å². The summed E-state index contributed by atoms with van der Waals surface area (Å²) in [5.74, 6) is 0. The van der Waals surface area contributed by atoms with Gasteiger partial charge in [-0.1, -0.05) is 30.4 Å². The molecule has 2 aromatic rings. The number of hydrogen-bond donors (Lipinski definition) is 1. The summed E-state index contributed by atoms with van der Waals surface area (Å²) in [6.45, 7) is 7.90. The molecule has 98 valence electrons. The van der Waals surface area contributed by atoms with Crippen LogP contribution in [0.2, 0.25) is 0 Å². The first-order valence-corrected chi connectivity index (χ1v) is 6.76. The van der Waals surface area contributed by atoms with E-state index in [-0.39, 0.29) is 0 Å². The van der Waals surface area contributed by atoms with E-state index in [1.807, 2.05) is 19.4 Å². The molecule has 1 aliphatic heterocycles. The summed E-state index contributed by atoms with van der Waals surface area (Å²) < 4.78 is 2.16. The van der Waals surface area contributed by atoms with E-state index in [1.54, 1.807) is 0 Å². The van der Waals surface area contributed by atoms with Crippen molar-refractivity contribution in [3.05, 3.63) is 48.4 Å². The largest absolute Gasteiger partial charge is 0.384 e. The van der Waals surface area contributed by atoms with Crippen molar-refractivity contribution < 1.29 is 0 Å². The molecule has 0 amide bonds. The van der Waals surface area contributed by atoms with Gasteiger partial charge in [-0.05, 0) is 25.3 Å². The second kappa shape index (κ2) is 4.92. The summed E-state index contributed by atoms with van der Waals surface area (Å²) in [5, 5.41) is 3.54. The fraction of sp³-hybridized carbons (Fsp3) is 0.312. The molecule has 3 nitrogen and oxygen atoms in total. The Bertz CT molecular complexity index is 610. The number of benzene rings is 1. The average Bonchev–Trinajstić information content (AvgIpc) is 2.85. The molecule has 19 heavy (non-hydrogen) atoms. The molecule has 1 aromatic carbocycles. The lowest BCUT2D eigenvalue weighted by molar-refractivity contribution is 0.790. The molecular formula is C16H19N3. The lowest BCUT2D eigenvalue weighted by atomic mass is 9.98. The van der Waals surface area contributed by atoms with Crippen LogP contribution in [-0.4, -0.2) is 16.1 Å². The first kappa shape index (κ1) is 12.0. The third kappa shape index (κ3) is 2.28. The molecule has 0 unspecified atom stereocenters. The van der Waals surface area contributed by atoms with Crippen molar-refractivity contribution in [3.63, 3.8) is 0 Å². The highest BCUT2D eigenvalue weighted by Gasteiger charge is 2.15. The highest BCUT2D eigenvalue weighted by molar-refractivity contribution is 5.79. The summed E-state index contributed by atoms with van der Waals surface area (Å²) >= 11 is 0. The van der Waals surface area contributed by atoms with Crippen LogP contribution in [-0.2, 0) is 13.0 Å². The van der Waals surface area contributed by atoms with Gasteiger partial charge in [-0.25, -0.2) is 4.98 Å². The summed E-state index contributed by atoms with van der Waals surface area (Å²) in [6.07, 6.45) is 6.19. The van der Waals surface area contributed by atoms with E-state index in [0.29, 0.717) is 0 Å². The van der Waals surface area contributed by atoms with E-state index < -0.39 is 0 Å². The highest BCUT2D eigenvalue weighted by Crippen LogP contribution is 2.33. The number of nitrogens with zero attached hydrogens (tertiary/aromatic N) is 2. The quantitative estimate of drug-likeness (QED) is 0.849. The van der Waals surface area contributed by atoms with Gasteiger partial charge in [-0.2, -0.15) is 0 Å². The van der Waals surface area contributed by atoms with Gasteiger partial charge in [-0.3, -0.25) is 0 Å². The Labute approximate surface area is 114 Å². The van der Waals surface area contributed by atoms with E-state index in [1.165, 1.54) is 23.2 Å². The van der Waals surface area contributed by atoms with E-state index >= 15 is 0 Å². The van der Waals surface area contributed by atoms with Crippen molar-refractivity contribution in [3.8, 4) is 11.3 Å². The normalized spacial score (nSPS) is 13.7. The zero-order chi connectivity index (χ0) is 13.2. The number of para-hydroxylation sites is 1. The van der Waals surface area contributed by atoms with Crippen LogP contribution in [0.1, 0.15) is 18.9 Å². The summed E-state index contributed by atoms with van der Waals surface area (Å²) in [4.78, 5) is 4.29. The third-order valence-electron chi connectivity index (χ3n) is 3.50. The molecule has 0 atom stereocenters. The zero-order valence-corrected chi connectivity index (χ0v) is 11.3. The predicted octanol–water partition coefficient (Wildman–Crippen LogP) is 3.48. The molecule has 3 heteroatoms. The maximum absolute atomic E-state index is 4.29. The minimum atomic E-state index is 0.818. The summed E-state index contributed by atoms with van der Waals surface area (Å²) in [6, 6.07) is 6.52. The summed E-state index contributed by atoms with van der Waals surface area (Å²) in [5.41, 5.74) is 6.23. The monoisotopic (exact) mass is 253 g/mol. The molecule has 0 saturated carbocycles. The number of fused-ring (bicyclic) bond motifs is 1. The first-order valence-electron chi connectivity index (χ1n) is 6.76. The van der Waals surface area contributed by atoms with Gasteiger partial charge in [0.1, 0.15) is 0 Å². The smallest absolute Gasteiger partial charge is 0.0954 e. The Hall–Kier alpha value is -2.03. The molecule has 0 fully saturated rings. The minimum absolute atomic E-state index is 0.818. The van der Waals surface area contributed by atoms with Crippen molar-refractivity contribution in [2.24, 2.45) is 0 Å². The van der Waals surface area contributed by atoms with E-state index in [2.05, 4.69) is 39.6 Å². The zero-order valence-electron chi connectivity index (χ0n) is 11.3. The lowest BCUT2D eigenvalue weighted by Crippen LogP contribution is -2.13. The van der Waals surface area contributed by atoms with Gasteiger partial charge in [0.15, 0.2) is 0 Å². The molecule has 2 heterocycles. The van der Waals surface area contributed by atoms with E-state index in [0.717, 1.165) is 30.8 Å². The maximum Gasteiger partial charge on any atom is 0.0954 e. The van der Waals surface area contributed by atoms with Gasteiger partial charge in [0.25, 0.3) is 0 Å². The molecule has 0 aliphatic carbocycles. The van der Waals surface area contributed by atoms with Crippen molar-refractivity contribution in [2.45, 2.75) is 26.3 Å². The number of imidazole rings is 1. The van der Waals surface area contributed by atoms with E-state index in [4.69, 9.17) is 0 Å². The second-order valence-electron chi connectivity index (χ2n) is 5.23. The number of aromatic nitrogens is 2. The van der Waals surface area contributed by atoms with Crippen LogP contribution < -0.4 is 5.32 Å². The fourth-order valence-corrected chi connectivity index (χ4v) is 2.68. The molecule has 1 aliphatic rings. The van der Waals surface area contributed by atoms with Crippen molar-refractivity contribution in [1.82, 2.24) is 9.55 Å². The number of allylic oxidation sites excluding steroid dienone is 1. The first-order chi connectivity index (χ1) is 9.25. The van der Waals surface area contributed by atoms with Crippen LogP contribution >= 0.6 is 0 Å². The molecule has 3 rings (SSSR count). The van der Waals surface area contributed by atoms with Crippen LogP contribution in [0.15, 0.2) is 42.9 Å². The number of anilines is 1. The van der Waals surface area contributed by atoms with Gasteiger partial charge in [0.2, 0.25) is 0 Å². The predicted molar refractivity (Wildman–Crippen MR) is 79.3 cm³/mol. The Morgan fingerprint density at radius 2 is 2.37 bits per heavy atom. The molecule has 0 radical (unpaired) electrons. The van der Waals surface area contributed by atoms with Gasteiger partial charge >= 0.3 is 0 Å². The van der Waals surface area contributed by atoms with Crippen molar-refractivity contribution >= 4 is 5.69 Å². The average molecular weight is 253 g/mol. The Balaban J connectivity index is 2.07. The number of nitrogens with one attached hydrogen (secondary N) is 1. The topological polar surface area (TPSA) is 29.9 Å². The standard InChI is InChI=1S/C16H19N3/c1-12(2)10-19-11-17-9-15(19)14-7-3-5-13-6-4-8-18-16(13)14/h3,5,7,9,11,18H,1,4,6,8,10H2,2H3. The molecular weight excluding hydrogens is 234 g/mol. The highest BCUT2D eigenvalue weighted by atomic mass is 15.0. The van der Waals surface area contributed by atoms with Crippen LogP contribution in [0.25, 0.3) is 11.3 Å². The lowest BCUT2D eigenvalue weighted by Gasteiger charge is -2.21. The SMILES string of the molecule is C=C(C)Cn1cncc1-c1cccc2c1NCCC2. The second-order valence-corrected chi connectivity index (χ2v) is 5.23. The van der Waals surface area contributed by atoms with Crippen LogP contribution in [0.5, 0.6) is 0 Å².